The molecule has 146 valence electrons. The van der Waals surface area contributed by atoms with Crippen LogP contribution in [0.2, 0.25) is 0 Å². The molecular formula is C24H28N2O2. The van der Waals surface area contributed by atoms with Crippen molar-refractivity contribution in [2.24, 2.45) is 0 Å². The van der Waals surface area contributed by atoms with Gasteiger partial charge in [0.25, 0.3) is 0 Å². The summed E-state index contributed by atoms with van der Waals surface area (Å²) in [5, 5.41) is 1.27. The van der Waals surface area contributed by atoms with Crippen molar-refractivity contribution in [2.75, 3.05) is 6.54 Å². The first-order valence-corrected chi connectivity index (χ1v) is 10.3. The Kier molecular flexibility index (Phi) is 5.38. The molecule has 2 aromatic carbocycles. The summed E-state index contributed by atoms with van der Waals surface area (Å²) >= 11 is 0. The summed E-state index contributed by atoms with van der Waals surface area (Å²) in [6, 6.07) is 17.0. The van der Waals surface area contributed by atoms with Gasteiger partial charge in [-0.15, -0.1) is 0 Å². The standard InChI is InChI=1S/C24H28N2O2/c1-3-25(17-27)19-10-12-23-21(14-19)22-15-20(11-13-24(22)26(23)4-2)28-16-18-8-6-5-7-9-18/h5-9,11,13,15,17,19H,3-4,10,12,14,16H2,1-2H3. The van der Waals surface area contributed by atoms with Crippen molar-refractivity contribution in [3.05, 3.63) is 65.4 Å². The largest absolute Gasteiger partial charge is 0.489 e. The highest BCUT2D eigenvalue weighted by atomic mass is 16.5. The maximum absolute atomic E-state index is 11.4. The normalized spacial score (nSPS) is 16.0. The fourth-order valence-corrected chi connectivity index (χ4v) is 4.50. The zero-order chi connectivity index (χ0) is 19.5. The van der Waals surface area contributed by atoms with Gasteiger partial charge in [-0.1, -0.05) is 30.3 Å². The number of carbonyl (C=O) groups excluding carboxylic acids is 1. The van der Waals surface area contributed by atoms with Crippen LogP contribution in [0.3, 0.4) is 0 Å². The minimum Gasteiger partial charge on any atom is -0.489 e. The van der Waals surface area contributed by atoms with Crippen LogP contribution in [0.5, 0.6) is 5.75 Å². The van der Waals surface area contributed by atoms with Gasteiger partial charge in [0, 0.05) is 35.7 Å². The first-order valence-electron chi connectivity index (χ1n) is 10.3. The van der Waals surface area contributed by atoms with Crippen molar-refractivity contribution >= 4 is 17.3 Å². The number of benzene rings is 2. The molecule has 4 rings (SSSR count). The van der Waals surface area contributed by atoms with Crippen LogP contribution in [0, 0.1) is 0 Å². The van der Waals surface area contributed by atoms with Crippen LogP contribution in [-0.2, 0) is 30.8 Å². The third-order valence-electron chi connectivity index (χ3n) is 5.95. The van der Waals surface area contributed by atoms with E-state index in [4.69, 9.17) is 4.74 Å². The molecule has 1 heterocycles. The fourth-order valence-electron chi connectivity index (χ4n) is 4.50. The van der Waals surface area contributed by atoms with Crippen molar-refractivity contribution in [2.45, 2.75) is 52.3 Å². The predicted octanol–water partition coefficient (Wildman–Crippen LogP) is 4.58. The number of hydrogen-bond acceptors (Lipinski definition) is 2. The van der Waals surface area contributed by atoms with Crippen molar-refractivity contribution in [1.82, 2.24) is 9.47 Å². The Morgan fingerprint density at radius 3 is 2.71 bits per heavy atom. The Balaban J connectivity index is 1.66. The second kappa shape index (κ2) is 8.09. The molecule has 0 bridgehead atoms. The Morgan fingerprint density at radius 2 is 2.00 bits per heavy atom. The summed E-state index contributed by atoms with van der Waals surface area (Å²) in [6.45, 7) is 6.55. The third kappa shape index (κ3) is 3.39. The maximum atomic E-state index is 11.4. The van der Waals surface area contributed by atoms with E-state index in [1.54, 1.807) is 0 Å². The van der Waals surface area contributed by atoms with E-state index >= 15 is 0 Å². The van der Waals surface area contributed by atoms with Crippen molar-refractivity contribution in [3.8, 4) is 5.75 Å². The molecule has 4 heteroatoms. The van der Waals surface area contributed by atoms with E-state index in [0.717, 1.165) is 44.5 Å². The highest BCUT2D eigenvalue weighted by Crippen LogP contribution is 2.35. The summed E-state index contributed by atoms with van der Waals surface area (Å²) in [5.74, 6) is 0.900. The fraction of sp³-hybridized carbons (Fsp3) is 0.375. The van der Waals surface area contributed by atoms with Gasteiger partial charge in [0.05, 0.1) is 0 Å². The minimum atomic E-state index is 0.291. The first-order chi connectivity index (χ1) is 13.7. The zero-order valence-electron chi connectivity index (χ0n) is 16.7. The molecule has 0 N–H and O–H groups in total. The molecule has 0 fully saturated rings. The van der Waals surface area contributed by atoms with Gasteiger partial charge in [0.1, 0.15) is 12.4 Å². The van der Waals surface area contributed by atoms with E-state index in [9.17, 15) is 4.79 Å². The molecule has 4 nitrogen and oxygen atoms in total. The first kappa shape index (κ1) is 18.6. The second-order valence-electron chi connectivity index (χ2n) is 7.46. The van der Waals surface area contributed by atoms with Gasteiger partial charge in [-0.2, -0.15) is 0 Å². The molecule has 0 saturated heterocycles. The zero-order valence-corrected chi connectivity index (χ0v) is 16.7. The maximum Gasteiger partial charge on any atom is 0.209 e. The highest BCUT2D eigenvalue weighted by Gasteiger charge is 2.27. The molecule has 1 unspecified atom stereocenters. The molecule has 1 aliphatic rings. The summed E-state index contributed by atoms with van der Waals surface area (Å²) in [5.41, 5.74) is 5.25. The lowest BCUT2D eigenvalue weighted by Crippen LogP contribution is -2.38. The van der Waals surface area contributed by atoms with E-state index in [1.807, 2.05) is 23.1 Å². The summed E-state index contributed by atoms with van der Waals surface area (Å²) < 4.78 is 8.50. The molecule has 0 spiro atoms. The number of aryl methyl sites for hydroxylation is 1. The molecule has 1 atom stereocenters. The minimum absolute atomic E-state index is 0.291. The average molecular weight is 377 g/mol. The van der Waals surface area contributed by atoms with E-state index in [2.05, 4.69) is 48.7 Å². The van der Waals surface area contributed by atoms with E-state index in [1.165, 1.54) is 27.7 Å². The molecule has 1 amide bonds. The van der Waals surface area contributed by atoms with E-state index in [-0.39, 0.29) is 0 Å². The number of amides is 1. The summed E-state index contributed by atoms with van der Waals surface area (Å²) in [6.07, 6.45) is 3.98. The van der Waals surface area contributed by atoms with Gasteiger partial charge in [-0.05, 0) is 62.4 Å². The van der Waals surface area contributed by atoms with Crippen molar-refractivity contribution in [3.63, 3.8) is 0 Å². The lowest BCUT2D eigenvalue weighted by molar-refractivity contribution is -0.120. The van der Waals surface area contributed by atoms with Gasteiger partial charge in [0.2, 0.25) is 6.41 Å². The molecule has 0 radical (unpaired) electrons. The Bertz CT molecular complexity index is 962. The summed E-state index contributed by atoms with van der Waals surface area (Å²) in [7, 11) is 0. The Labute approximate surface area is 166 Å². The van der Waals surface area contributed by atoms with Crippen LogP contribution in [0.25, 0.3) is 10.9 Å². The third-order valence-corrected chi connectivity index (χ3v) is 5.95. The van der Waals surface area contributed by atoms with Crippen LogP contribution < -0.4 is 4.74 Å². The van der Waals surface area contributed by atoms with E-state index in [0.29, 0.717) is 12.6 Å². The summed E-state index contributed by atoms with van der Waals surface area (Å²) in [4.78, 5) is 13.4. The van der Waals surface area contributed by atoms with Gasteiger partial charge < -0.3 is 14.2 Å². The van der Waals surface area contributed by atoms with Gasteiger partial charge >= 0.3 is 0 Å². The molecule has 1 aliphatic carbocycles. The van der Waals surface area contributed by atoms with Crippen LogP contribution in [-0.4, -0.2) is 28.5 Å². The highest BCUT2D eigenvalue weighted by molar-refractivity contribution is 5.87. The number of carbonyl (C=O) groups is 1. The number of rotatable bonds is 7. The topological polar surface area (TPSA) is 34.5 Å². The SMILES string of the molecule is CCN(C=O)C1CCc2c(c3cc(OCc4ccccc4)ccc3n2CC)C1. The number of fused-ring (bicyclic) bond motifs is 3. The lowest BCUT2D eigenvalue weighted by atomic mass is 9.90. The average Bonchev–Trinajstić information content (AvgIpc) is 3.06. The molecule has 1 aromatic heterocycles. The van der Waals surface area contributed by atoms with Gasteiger partial charge in [0.15, 0.2) is 0 Å². The van der Waals surface area contributed by atoms with Crippen molar-refractivity contribution in [1.29, 1.82) is 0 Å². The van der Waals surface area contributed by atoms with Crippen LogP contribution in [0.1, 0.15) is 37.1 Å². The quantitative estimate of drug-likeness (QED) is 0.566. The molecule has 3 aromatic rings. The molecule has 0 saturated carbocycles. The van der Waals surface area contributed by atoms with Crippen LogP contribution in [0.15, 0.2) is 48.5 Å². The Hall–Kier alpha value is -2.75. The monoisotopic (exact) mass is 376 g/mol. The van der Waals surface area contributed by atoms with Crippen LogP contribution in [0.4, 0.5) is 0 Å². The van der Waals surface area contributed by atoms with Gasteiger partial charge in [-0.25, -0.2) is 0 Å². The number of hydrogen-bond donors (Lipinski definition) is 0. The smallest absolute Gasteiger partial charge is 0.209 e. The predicted molar refractivity (Wildman–Crippen MR) is 113 cm³/mol. The van der Waals surface area contributed by atoms with Crippen LogP contribution >= 0.6 is 0 Å². The molecular weight excluding hydrogens is 348 g/mol. The van der Waals surface area contributed by atoms with Gasteiger partial charge in [-0.3, -0.25) is 4.79 Å². The van der Waals surface area contributed by atoms with E-state index < -0.39 is 0 Å². The molecule has 0 aliphatic heterocycles. The molecule has 28 heavy (non-hydrogen) atoms. The Morgan fingerprint density at radius 1 is 1.18 bits per heavy atom. The number of nitrogens with zero attached hydrogens (tertiary/aromatic N) is 2. The number of aromatic nitrogens is 1. The number of ether oxygens (including phenoxy) is 1. The lowest BCUT2D eigenvalue weighted by Gasteiger charge is -2.31. The second-order valence-corrected chi connectivity index (χ2v) is 7.46. The number of likely N-dealkylation sites (N-methyl/N-ethyl adjacent to an activating group) is 1. The van der Waals surface area contributed by atoms with Crippen molar-refractivity contribution < 1.29 is 9.53 Å².